The topological polar surface area (TPSA) is 38.4 Å². The van der Waals surface area contributed by atoms with Crippen LogP contribution in [0.4, 0.5) is 5.69 Å². The van der Waals surface area contributed by atoms with Gasteiger partial charge in [0.25, 0.3) is 0 Å². The molecular formula is C22H14Cl2N2O. The van der Waals surface area contributed by atoms with Crippen LogP contribution >= 0.6 is 23.2 Å². The first-order chi connectivity index (χ1) is 13.2. The largest absolute Gasteiger partial charge is 0.436 e. The summed E-state index contributed by atoms with van der Waals surface area (Å²) in [6.45, 7) is 0. The number of halogens is 2. The Kier molecular flexibility index (Phi) is 5.05. The molecule has 0 saturated carbocycles. The van der Waals surface area contributed by atoms with E-state index in [0.29, 0.717) is 15.9 Å². The normalized spacial score (nSPS) is 11.8. The van der Waals surface area contributed by atoms with Gasteiger partial charge in [-0.1, -0.05) is 47.5 Å². The first-order valence-electron chi connectivity index (χ1n) is 8.31. The van der Waals surface area contributed by atoms with E-state index in [1.54, 1.807) is 18.3 Å². The van der Waals surface area contributed by atoms with Crippen molar-refractivity contribution in [1.82, 2.24) is 4.98 Å². The quantitative estimate of drug-likeness (QED) is 0.343. The number of hydrogen-bond donors (Lipinski definition) is 0. The second kappa shape index (κ2) is 7.78. The summed E-state index contributed by atoms with van der Waals surface area (Å²) in [5.74, 6) is 0.601. The van der Waals surface area contributed by atoms with Crippen LogP contribution in [0.5, 0.6) is 0 Å². The molecule has 0 aliphatic heterocycles. The standard InChI is InChI=1S/C22H14Cl2N2O/c23-17-10-7-15(19(24)14-17)4-3-13-25-18-11-8-16(9-12-18)22-26-20-5-1-2-6-21(20)27-22/h1-14H/b4-3+,25-13?. The van der Waals surface area contributed by atoms with Gasteiger partial charge in [0.05, 0.1) is 5.69 Å². The van der Waals surface area contributed by atoms with E-state index in [4.69, 9.17) is 27.6 Å². The van der Waals surface area contributed by atoms with E-state index < -0.39 is 0 Å². The van der Waals surface area contributed by atoms with Crippen molar-refractivity contribution < 1.29 is 4.42 Å². The number of aromatic nitrogens is 1. The number of oxazole rings is 1. The van der Waals surface area contributed by atoms with Crippen LogP contribution in [0.15, 0.2) is 82.2 Å². The predicted octanol–water partition coefficient (Wildman–Crippen LogP) is 7.22. The van der Waals surface area contributed by atoms with Crippen molar-refractivity contribution in [3.8, 4) is 11.5 Å². The molecule has 0 fully saturated rings. The van der Waals surface area contributed by atoms with Crippen LogP contribution in [0, 0.1) is 0 Å². The summed E-state index contributed by atoms with van der Waals surface area (Å²) in [5, 5.41) is 1.22. The number of aliphatic imine (C=N–C) groups is 1. The summed E-state index contributed by atoms with van der Waals surface area (Å²) in [6.07, 6.45) is 5.44. The summed E-state index contributed by atoms with van der Waals surface area (Å²) >= 11 is 12.0. The molecule has 0 spiro atoms. The molecule has 4 rings (SSSR count). The Morgan fingerprint density at radius 2 is 1.74 bits per heavy atom. The third-order valence-corrected chi connectivity index (χ3v) is 4.52. The highest BCUT2D eigenvalue weighted by Crippen LogP contribution is 2.26. The van der Waals surface area contributed by atoms with Crippen LogP contribution in [-0.2, 0) is 0 Å². The van der Waals surface area contributed by atoms with E-state index in [-0.39, 0.29) is 0 Å². The lowest BCUT2D eigenvalue weighted by Crippen LogP contribution is -1.77. The van der Waals surface area contributed by atoms with Gasteiger partial charge in [0.2, 0.25) is 5.89 Å². The molecule has 1 heterocycles. The molecule has 0 radical (unpaired) electrons. The predicted molar refractivity (Wildman–Crippen MR) is 113 cm³/mol. The number of rotatable bonds is 4. The fraction of sp³-hybridized carbons (Fsp3) is 0. The zero-order valence-electron chi connectivity index (χ0n) is 14.1. The maximum absolute atomic E-state index is 6.14. The van der Waals surface area contributed by atoms with Crippen molar-refractivity contribution in [1.29, 1.82) is 0 Å². The molecule has 1 aromatic heterocycles. The number of benzene rings is 3. The van der Waals surface area contributed by atoms with E-state index in [1.807, 2.05) is 66.7 Å². The number of nitrogens with zero attached hydrogens (tertiary/aromatic N) is 2. The average molecular weight is 393 g/mol. The minimum Gasteiger partial charge on any atom is -0.436 e. The summed E-state index contributed by atoms with van der Waals surface area (Å²) < 4.78 is 5.78. The molecule has 3 aromatic carbocycles. The molecule has 132 valence electrons. The first-order valence-corrected chi connectivity index (χ1v) is 9.06. The lowest BCUT2D eigenvalue weighted by molar-refractivity contribution is 0.620. The summed E-state index contributed by atoms with van der Waals surface area (Å²) in [7, 11) is 0. The lowest BCUT2D eigenvalue weighted by Gasteiger charge is -1.98. The van der Waals surface area contributed by atoms with Crippen LogP contribution in [-0.4, -0.2) is 11.2 Å². The Morgan fingerprint density at radius 3 is 2.52 bits per heavy atom. The maximum atomic E-state index is 6.14. The second-order valence-electron chi connectivity index (χ2n) is 5.84. The van der Waals surface area contributed by atoms with Gasteiger partial charge in [-0.3, -0.25) is 4.99 Å². The van der Waals surface area contributed by atoms with Crippen LogP contribution in [0.2, 0.25) is 10.0 Å². The van der Waals surface area contributed by atoms with Gasteiger partial charge in [-0.05, 0) is 60.2 Å². The Hall–Kier alpha value is -2.88. The minimum atomic E-state index is 0.601. The van der Waals surface area contributed by atoms with Crippen molar-refractivity contribution in [2.75, 3.05) is 0 Å². The van der Waals surface area contributed by atoms with Crippen molar-refractivity contribution in [2.45, 2.75) is 0 Å². The lowest BCUT2D eigenvalue weighted by atomic mass is 10.2. The average Bonchev–Trinajstić information content (AvgIpc) is 3.11. The van der Waals surface area contributed by atoms with Crippen molar-refractivity contribution in [3.05, 3.63) is 88.4 Å². The fourth-order valence-electron chi connectivity index (χ4n) is 2.60. The van der Waals surface area contributed by atoms with Gasteiger partial charge in [0.15, 0.2) is 5.58 Å². The van der Waals surface area contributed by atoms with E-state index in [0.717, 1.165) is 27.9 Å². The van der Waals surface area contributed by atoms with Gasteiger partial charge in [-0.2, -0.15) is 0 Å². The molecule has 0 N–H and O–H groups in total. The van der Waals surface area contributed by atoms with Crippen molar-refractivity contribution in [3.63, 3.8) is 0 Å². The van der Waals surface area contributed by atoms with E-state index in [2.05, 4.69) is 9.98 Å². The smallest absolute Gasteiger partial charge is 0.227 e. The number of allylic oxidation sites excluding steroid dienone is 1. The third-order valence-electron chi connectivity index (χ3n) is 3.96. The van der Waals surface area contributed by atoms with E-state index in [1.165, 1.54) is 0 Å². The molecule has 0 aliphatic rings. The van der Waals surface area contributed by atoms with Gasteiger partial charge >= 0.3 is 0 Å². The van der Waals surface area contributed by atoms with Crippen LogP contribution in [0.3, 0.4) is 0 Å². The molecule has 0 amide bonds. The molecule has 27 heavy (non-hydrogen) atoms. The Balaban J connectivity index is 1.47. The Labute approximate surface area is 166 Å². The van der Waals surface area contributed by atoms with E-state index >= 15 is 0 Å². The van der Waals surface area contributed by atoms with Gasteiger partial charge in [0.1, 0.15) is 5.52 Å². The molecular weight excluding hydrogens is 379 g/mol. The van der Waals surface area contributed by atoms with Gasteiger partial charge in [0, 0.05) is 21.8 Å². The molecule has 0 atom stereocenters. The van der Waals surface area contributed by atoms with Crippen LogP contribution in [0.25, 0.3) is 28.6 Å². The molecule has 4 aromatic rings. The Morgan fingerprint density at radius 1 is 0.926 bits per heavy atom. The summed E-state index contributed by atoms with van der Waals surface area (Å²) in [6, 6.07) is 20.8. The van der Waals surface area contributed by atoms with Gasteiger partial charge < -0.3 is 4.42 Å². The Bertz CT molecular complexity index is 1110. The zero-order valence-corrected chi connectivity index (χ0v) is 15.7. The molecule has 5 heteroatoms. The zero-order chi connectivity index (χ0) is 18.6. The fourth-order valence-corrected chi connectivity index (χ4v) is 3.07. The summed E-state index contributed by atoms with van der Waals surface area (Å²) in [5.41, 5.74) is 4.26. The molecule has 0 saturated heterocycles. The molecule has 0 bridgehead atoms. The SMILES string of the molecule is Clc1ccc(/C=C/C=Nc2ccc(-c3nc4ccccc4o3)cc2)c(Cl)c1. The molecule has 3 nitrogen and oxygen atoms in total. The van der Waals surface area contributed by atoms with Crippen molar-refractivity contribution >= 4 is 52.3 Å². The number of hydrogen-bond acceptors (Lipinski definition) is 3. The molecule has 0 unspecified atom stereocenters. The highest BCUT2D eigenvalue weighted by Gasteiger charge is 2.07. The number of fused-ring (bicyclic) bond motifs is 1. The van der Waals surface area contributed by atoms with Crippen LogP contribution in [0.1, 0.15) is 5.56 Å². The second-order valence-corrected chi connectivity index (χ2v) is 6.68. The van der Waals surface area contributed by atoms with Crippen LogP contribution < -0.4 is 0 Å². The first kappa shape index (κ1) is 17.5. The highest BCUT2D eigenvalue weighted by molar-refractivity contribution is 6.35. The molecule has 0 aliphatic carbocycles. The number of para-hydroxylation sites is 2. The van der Waals surface area contributed by atoms with Gasteiger partial charge in [-0.25, -0.2) is 4.98 Å². The minimum absolute atomic E-state index is 0.601. The maximum Gasteiger partial charge on any atom is 0.227 e. The third kappa shape index (κ3) is 4.11. The highest BCUT2D eigenvalue weighted by atomic mass is 35.5. The monoisotopic (exact) mass is 392 g/mol. The summed E-state index contributed by atoms with van der Waals surface area (Å²) in [4.78, 5) is 8.91. The van der Waals surface area contributed by atoms with Crippen molar-refractivity contribution in [2.24, 2.45) is 4.99 Å². The van der Waals surface area contributed by atoms with E-state index in [9.17, 15) is 0 Å². The van der Waals surface area contributed by atoms with Gasteiger partial charge in [-0.15, -0.1) is 0 Å².